The molecule has 0 spiro atoms. The number of nitrogens with one attached hydrogen (secondary N) is 1. The first-order chi connectivity index (χ1) is 9.15. The lowest BCUT2D eigenvalue weighted by Crippen LogP contribution is -2.37. The van der Waals surface area contributed by atoms with Crippen molar-refractivity contribution in [3.63, 3.8) is 0 Å². The zero-order valence-electron chi connectivity index (χ0n) is 12.2. The molecule has 0 saturated heterocycles. The summed E-state index contributed by atoms with van der Waals surface area (Å²) in [6.07, 6.45) is 2.83. The first-order valence-corrected chi connectivity index (χ1v) is 8.29. The van der Waals surface area contributed by atoms with E-state index in [0.29, 0.717) is 19.0 Å². The Balaban J connectivity index is 2.12. The highest BCUT2D eigenvalue weighted by Gasteiger charge is 2.23. The summed E-state index contributed by atoms with van der Waals surface area (Å²) in [5.74, 6) is 0. The molecule has 0 saturated carbocycles. The summed E-state index contributed by atoms with van der Waals surface area (Å²) in [5.41, 5.74) is 2.06. The van der Waals surface area contributed by atoms with Crippen molar-refractivity contribution in [2.45, 2.75) is 57.6 Å². The van der Waals surface area contributed by atoms with Crippen LogP contribution in [0.2, 0.25) is 0 Å². The fourth-order valence-electron chi connectivity index (χ4n) is 2.36. The van der Waals surface area contributed by atoms with Crippen LogP contribution in [-0.4, -0.2) is 24.0 Å². The van der Waals surface area contributed by atoms with E-state index in [1.807, 2.05) is 0 Å². The van der Waals surface area contributed by atoms with Crippen molar-refractivity contribution >= 4 is 10.1 Å². The monoisotopic (exact) mass is 298 g/mol. The number of fused-ring (bicyclic) bond motifs is 1. The van der Waals surface area contributed by atoms with Crippen molar-refractivity contribution in [3.05, 3.63) is 23.4 Å². The molecule has 2 N–H and O–H groups in total. The standard InChI is InChI=1S/C14H22N2O3S/c1-14(2,3)7-6-11-8-12-10(9-15-11)4-5-13(16-12)20(17,18)19/h4-5,11,15H,6-9H2,1-3H3,(H,17,18,19). The first kappa shape index (κ1) is 15.4. The van der Waals surface area contributed by atoms with Gasteiger partial charge in [0.1, 0.15) is 0 Å². The number of hydrogen-bond acceptors (Lipinski definition) is 4. The lowest BCUT2D eigenvalue weighted by atomic mass is 9.86. The normalized spacial score (nSPS) is 19.7. The van der Waals surface area contributed by atoms with Crippen molar-refractivity contribution in [2.75, 3.05) is 0 Å². The smallest absolute Gasteiger partial charge is 0.309 e. The highest BCUT2D eigenvalue weighted by atomic mass is 32.2. The maximum absolute atomic E-state index is 11.1. The molecule has 2 rings (SSSR count). The predicted octanol–water partition coefficient (Wildman–Crippen LogP) is 2.17. The van der Waals surface area contributed by atoms with Gasteiger partial charge in [-0.1, -0.05) is 26.8 Å². The molecule has 2 heterocycles. The van der Waals surface area contributed by atoms with Crippen LogP contribution in [0.3, 0.4) is 0 Å². The van der Waals surface area contributed by atoms with E-state index in [-0.39, 0.29) is 10.4 Å². The van der Waals surface area contributed by atoms with E-state index < -0.39 is 10.1 Å². The zero-order valence-corrected chi connectivity index (χ0v) is 13.0. The lowest BCUT2D eigenvalue weighted by molar-refractivity contribution is 0.320. The van der Waals surface area contributed by atoms with Gasteiger partial charge < -0.3 is 5.32 Å². The van der Waals surface area contributed by atoms with Gasteiger partial charge in [0.15, 0.2) is 5.03 Å². The molecule has 0 bridgehead atoms. The number of nitrogens with zero attached hydrogens (tertiary/aromatic N) is 1. The van der Waals surface area contributed by atoms with Crippen molar-refractivity contribution in [1.29, 1.82) is 0 Å². The fraction of sp³-hybridized carbons (Fsp3) is 0.643. The van der Waals surface area contributed by atoms with E-state index in [0.717, 1.165) is 24.1 Å². The molecule has 1 aliphatic heterocycles. The Morgan fingerprint density at radius 1 is 1.40 bits per heavy atom. The zero-order chi connectivity index (χ0) is 15.0. The minimum absolute atomic E-state index is 0.257. The summed E-state index contributed by atoms with van der Waals surface area (Å²) in [7, 11) is -4.22. The number of rotatable bonds is 3. The average molecular weight is 298 g/mol. The summed E-state index contributed by atoms with van der Waals surface area (Å²) >= 11 is 0. The molecule has 0 aliphatic carbocycles. The molecule has 0 fully saturated rings. The Bertz CT molecular complexity index is 591. The topological polar surface area (TPSA) is 79.3 Å². The van der Waals surface area contributed by atoms with Gasteiger partial charge in [-0.15, -0.1) is 0 Å². The summed E-state index contributed by atoms with van der Waals surface area (Å²) in [6, 6.07) is 3.38. The van der Waals surface area contributed by atoms with Crippen LogP contribution in [0, 0.1) is 5.41 Å². The summed E-state index contributed by atoms with van der Waals surface area (Å²) in [6.45, 7) is 7.32. The molecule has 5 nitrogen and oxygen atoms in total. The number of pyridine rings is 1. The molecule has 1 aliphatic rings. The second kappa shape index (κ2) is 5.42. The van der Waals surface area contributed by atoms with Crippen LogP contribution >= 0.6 is 0 Å². The van der Waals surface area contributed by atoms with E-state index in [1.165, 1.54) is 6.07 Å². The highest BCUT2D eigenvalue weighted by molar-refractivity contribution is 7.85. The van der Waals surface area contributed by atoms with Gasteiger partial charge in [-0.25, -0.2) is 4.98 Å². The van der Waals surface area contributed by atoms with Crippen LogP contribution in [0.1, 0.15) is 44.9 Å². The Hall–Kier alpha value is -0.980. The molecule has 0 amide bonds. The van der Waals surface area contributed by atoms with E-state index in [9.17, 15) is 8.42 Å². The third kappa shape index (κ3) is 4.01. The average Bonchev–Trinajstić information content (AvgIpc) is 2.33. The lowest BCUT2D eigenvalue weighted by Gasteiger charge is -2.28. The Labute approximate surface area is 120 Å². The third-order valence-electron chi connectivity index (χ3n) is 3.57. The van der Waals surface area contributed by atoms with Gasteiger partial charge in [-0.05, 0) is 29.9 Å². The summed E-state index contributed by atoms with van der Waals surface area (Å²) < 4.78 is 31.3. The van der Waals surface area contributed by atoms with Gasteiger partial charge in [0.05, 0.1) is 0 Å². The highest BCUT2D eigenvalue weighted by Crippen LogP contribution is 2.25. The third-order valence-corrected chi connectivity index (χ3v) is 4.33. The summed E-state index contributed by atoms with van der Waals surface area (Å²) in [5, 5.41) is 3.20. The van der Waals surface area contributed by atoms with E-state index in [1.54, 1.807) is 6.07 Å². The second-order valence-corrected chi connectivity index (χ2v) is 7.98. The molecule has 6 heteroatoms. The fourth-order valence-corrected chi connectivity index (χ4v) is 2.83. The largest absolute Gasteiger partial charge is 0.312 e. The molecule has 1 atom stereocenters. The van der Waals surface area contributed by atoms with Crippen molar-refractivity contribution in [1.82, 2.24) is 10.3 Å². The summed E-state index contributed by atoms with van der Waals surface area (Å²) in [4.78, 5) is 4.10. The van der Waals surface area contributed by atoms with Gasteiger partial charge in [0.25, 0.3) is 0 Å². The predicted molar refractivity (Wildman–Crippen MR) is 77.1 cm³/mol. The Morgan fingerprint density at radius 3 is 2.70 bits per heavy atom. The van der Waals surface area contributed by atoms with Gasteiger partial charge in [-0.2, -0.15) is 8.42 Å². The van der Waals surface area contributed by atoms with E-state index in [2.05, 4.69) is 31.1 Å². The number of aromatic nitrogens is 1. The van der Waals surface area contributed by atoms with Gasteiger partial charge >= 0.3 is 10.1 Å². The van der Waals surface area contributed by atoms with E-state index >= 15 is 0 Å². The van der Waals surface area contributed by atoms with Crippen LogP contribution in [0.15, 0.2) is 17.2 Å². The Morgan fingerprint density at radius 2 is 2.10 bits per heavy atom. The molecular formula is C14H22N2O3S. The maximum Gasteiger partial charge on any atom is 0.312 e. The molecular weight excluding hydrogens is 276 g/mol. The van der Waals surface area contributed by atoms with Crippen molar-refractivity contribution in [3.8, 4) is 0 Å². The molecule has 1 aromatic rings. The Kier molecular flexibility index (Phi) is 4.18. The molecule has 1 unspecified atom stereocenters. The van der Waals surface area contributed by atoms with Crippen LogP contribution in [-0.2, 0) is 23.1 Å². The van der Waals surface area contributed by atoms with Crippen molar-refractivity contribution in [2.24, 2.45) is 5.41 Å². The molecule has 1 aromatic heterocycles. The quantitative estimate of drug-likeness (QED) is 0.836. The molecule has 0 aromatic carbocycles. The minimum Gasteiger partial charge on any atom is -0.309 e. The number of hydrogen-bond donors (Lipinski definition) is 2. The van der Waals surface area contributed by atoms with Gasteiger partial charge in [0, 0.05) is 24.7 Å². The molecule has 0 radical (unpaired) electrons. The molecule has 20 heavy (non-hydrogen) atoms. The van der Waals surface area contributed by atoms with E-state index in [4.69, 9.17) is 4.55 Å². The van der Waals surface area contributed by atoms with Gasteiger partial charge in [0.2, 0.25) is 0 Å². The SMILES string of the molecule is CC(C)(C)CCC1Cc2nc(S(=O)(=O)O)ccc2CN1. The first-order valence-electron chi connectivity index (χ1n) is 6.85. The molecule has 112 valence electrons. The van der Waals surface area contributed by atoms with Gasteiger partial charge in [-0.3, -0.25) is 4.55 Å². The van der Waals surface area contributed by atoms with Crippen molar-refractivity contribution < 1.29 is 13.0 Å². The van der Waals surface area contributed by atoms with Crippen LogP contribution in [0.5, 0.6) is 0 Å². The van der Waals surface area contributed by atoms with Crippen LogP contribution in [0.4, 0.5) is 0 Å². The van der Waals surface area contributed by atoms with Crippen LogP contribution < -0.4 is 5.32 Å². The van der Waals surface area contributed by atoms with Crippen LogP contribution in [0.25, 0.3) is 0 Å². The second-order valence-electron chi connectivity index (χ2n) is 6.61. The maximum atomic E-state index is 11.1. The minimum atomic E-state index is -4.22.